The molecule has 2 amide bonds. The van der Waals surface area contributed by atoms with Gasteiger partial charge < -0.3 is 10.6 Å². The van der Waals surface area contributed by atoms with Crippen LogP contribution in [0.15, 0.2) is 34.1 Å². The normalized spacial score (nSPS) is 10.2. The molecule has 0 saturated heterocycles. The van der Waals surface area contributed by atoms with E-state index in [1.54, 1.807) is 18.2 Å². The lowest BCUT2D eigenvalue weighted by Gasteiger charge is -2.10. The minimum Gasteiger partial charge on any atom is -0.352 e. The van der Waals surface area contributed by atoms with Crippen molar-refractivity contribution in [2.75, 3.05) is 11.9 Å². The molecule has 0 aliphatic carbocycles. The van der Waals surface area contributed by atoms with Crippen LogP contribution in [0.5, 0.6) is 0 Å². The third-order valence-corrected chi connectivity index (χ3v) is 4.73. The molecule has 0 spiro atoms. The maximum absolute atomic E-state index is 12.2. The van der Waals surface area contributed by atoms with Gasteiger partial charge in [-0.1, -0.05) is 0 Å². The summed E-state index contributed by atoms with van der Waals surface area (Å²) in [5.74, 6) is -0.273. The molecule has 110 valence electrons. The number of thiophene rings is 1. The first-order valence-electron chi connectivity index (χ1n) is 6.46. The Morgan fingerprint density at radius 2 is 2.00 bits per heavy atom. The average molecular weight is 367 g/mol. The lowest BCUT2D eigenvalue weighted by atomic mass is 10.1. The van der Waals surface area contributed by atoms with E-state index in [-0.39, 0.29) is 11.8 Å². The third kappa shape index (κ3) is 3.71. The van der Waals surface area contributed by atoms with Gasteiger partial charge in [0.05, 0.1) is 0 Å². The van der Waals surface area contributed by atoms with Crippen LogP contribution in [-0.4, -0.2) is 18.4 Å². The van der Waals surface area contributed by atoms with E-state index in [1.165, 1.54) is 11.3 Å². The molecule has 1 heterocycles. The Kier molecular flexibility index (Phi) is 5.14. The van der Waals surface area contributed by atoms with Crippen LogP contribution in [-0.2, 0) is 0 Å². The van der Waals surface area contributed by atoms with Crippen molar-refractivity contribution in [3.05, 3.63) is 50.1 Å². The van der Waals surface area contributed by atoms with E-state index >= 15 is 0 Å². The summed E-state index contributed by atoms with van der Waals surface area (Å²) in [5, 5.41) is 7.46. The van der Waals surface area contributed by atoms with Crippen molar-refractivity contribution in [2.45, 2.75) is 13.8 Å². The maximum atomic E-state index is 12.2. The molecule has 1 aromatic carbocycles. The van der Waals surface area contributed by atoms with E-state index in [9.17, 15) is 9.59 Å². The quantitative estimate of drug-likeness (QED) is 0.863. The highest BCUT2D eigenvalue weighted by Crippen LogP contribution is 2.25. The molecule has 0 atom stereocenters. The summed E-state index contributed by atoms with van der Waals surface area (Å²) >= 11 is 4.72. The first-order valence-corrected chi connectivity index (χ1v) is 8.13. The van der Waals surface area contributed by atoms with Gasteiger partial charge in [0.25, 0.3) is 11.8 Å². The molecule has 0 fully saturated rings. The molecule has 1 aromatic heterocycles. The second-order valence-corrected chi connectivity index (χ2v) is 6.21. The fraction of sp³-hybridized carbons (Fsp3) is 0.200. The number of aryl methyl sites for hydroxylation is 1. The van der Waals surface area contributed by atoms with Crippen LogP contribution in [0.1, 0.15) is 32.5 Å². The largest absolute Gasteiger partial charge is 0.352 e. The fourth-order valence-electron chi connectivity index (χ4n) is 1.84. The number of carbonyl (C=O) groups excluding carboxylic acids is 2. The summed E-state index contributed by atoms with van der Waals surface area (Å²) in [6.07, 6.45) is 0. The zero-order valence-corrected chi connectivity index (χ0v) is 14.1. The second kappa shape index (κ2) is 6.87. The first-order chi connectivity index (χ1) is 10.0. The Bertz CT molecular complexity index is 682. The van der Waals surface area contributed by atoms with Crippen LogP contribution in [0.25, 0.3) is 0 Å². The van der Waals surface area contributed by atoms with Gasteiger partial charge in [-0.25, -0.2) is 0 Å². The van der Waals surface area contributed by atoms with Crippen molar-refractivity contribution >= 4 is 44.8 Å². The maximum Gasteiger partial charge on any atom is 0.266 e. The Morgan fingerprint density at radius 3 is 2.57 bits per heavy atom. The molecule has 0 aliphatic rings. The van der Waals surface area contributed by atoms with Gasteiger partial charge >= 0.3 is 0 Å². The van der Waals surface area contributed by atoms with E-state index in [2.05, 4.69) is 26.6 Å². The summed E-state index contributed by atoms with van der Waals surface area (Å²) in [6, 6.07) is 7.06. The molecule has 2 rings (SSSR count). The van der Waals surface area contributed by atoms with Crippen molar-refractivity contribution in [2.24, 2.45) is 0 Å². The van der Waals surface area contributed by atoms with Gasteiger partial charge in [0.15, 0.2) is 0 Å². The highest BCUT2D eigenvalue weighted by Gasteiger charge is 2.13. The molecule has 21 heavy (non-hydrogen) atoms. The molecule has 6 heteroatoms. The molecule has 2 N–H and O–H groups in total. The van der Waals surface area contributed by atoms with Crippen LogP contribution in [0.4, 0.5) is 5.69 Å². The number of hydrogen-bond donors (Lipinski definition) is 2. The summed E-state index contributed by atoms with van der Waals surface area (Å²) in [5.41, 5.74) is 2.14. The molecule has 0 saturated carbocycles. The fourth-order valence-corrected chi connectivity index (χ4v) is 3.29. The molecule has 0 aliphatic heterocycles. The summed E-state index contributed by atoms with van der Waals surface area (Å²) in [6.45, 7) is 4.32. The van der Waals surface area contributed by atoms with Crippen LogP contribution in [0, 0.1) is 6.92 Å². The Labute approximate surface area is 135 Å². The van der Waals surface area contributed by atoms with E-state index in [0.717, 1.165) is 10.0 Å². The molecular weight excluding hydrogens is 352 g/mol. The lowest BCUT2D eigenvalue weighted by molar-refractivity contribution is 0.0955. The number of benzene rings is 1. The minimum atomic E-state index is -0.161. The average Bonchev–Trinajstić information content (AvgIpc) is 2.87. The lowest BCUT2D eigenvalue weighted by Crippen LogP contribution is -2.22. The van der Waals surface area contributed by atoms with E-state index in [0.29, 0.717) is 22.7 Å². The van der Waals surface area contributed by atoms with E-state index < -0.39 is 0 Å². The Morgan fingerprint density at radius 1 is 1.24 bits per heavy atom. The summed E-state index contributed by atoms with van der Waals surface area (Å²) < 4.78 is 0.779. The van der Waals surface area contributed by atoms with Crippen molar-refractivity contribution in [3.8, 4) is 0 Å². The van der Waals surface area contributed by atoms with Crippen LogP contribution in [0.3, 0.4) is 0 Å². The molecule has 0 bridgehead atoms. The summed E-state index contributed by atoms with van der Waals surface area (Å²) in [7, 11) is 0. The zero-order valence-electron chi connectivity index (χ0n) is 11.7. The van der Waals surface area contributed by atoms with Gasteiger partial charge in [-0.3, -0.25) is 9.59 Å². The molecule has 2 aromatic rings. The van der Waals surface area contributed by atoms with Gasteiger partial charge in [-0.2, -0.15) is 0 Å². The number of nitrogens with one attached hydrogen (secondary N) is 2. The molecule has 0 unspecified atom stereocenters. The van der Waals surface area contributed by atoms with Crippen LogP contribution in [0.2, 0.25) is 0 Å². The zero-order chi connectivity index (χ0) is 15.4. The van der Waals surface area contributed by atoms with Gasteiger partial charge in [0.2, 0.25) is 0 Å². The molecule has 4 nitrogen and oxygen atoms in total. The number of amides is 2. The smallest absolute Gasteiger partial charge is 0.266 e. The van der Waals surface area contributed by atoms with Crippen molar-refractivity contribution in [3.63, 3.8) is 0 Å². The van der Waals surface area contributed by atoms with Gasteiger partial charge in [0, 0.05) is 22.3 Å². The second-order valence-electron chi connectivity index (χ2n) is 4.44. The number of hydrogen-bond acceptors (Lipinski definition) is 3. The predicted octanol–water partition coefficient (Wildman–Crippen LogP) is 3.82. The van der Waals surface area contributed by atoms with E-state index in [1.807, 2.05) is 25.3 Å². The minimum absolute atomic E-state index is 0.112. The Hall–Kier alpha value is -1.66. The van der Waals surface area contributed by atoms with Crippen LogP contribution >= 0.6 is 27.3 Å². The highest BCUT2D eigenvalue weighted by molar-refractivity contribution is 9.10. The van der Waals surface area contributed by atoms with Crippen LogP contribution < -0.4 is 10.6 Å². The number of halogens is 1. The topological polar surface area (TPSA) is 58.2 Å². The number of anilines is 1. The summed E-state index contributed by atoms with van der Waals surface area (Å²) in [4.78, 5) is 24.5. The molecule has 0 radical (unpaired) electrons. The predicted molar refractivity (Wildman–Crippen MR) is 89.2 cm³/mol. The standard InChI is InChI=1S/C15H15BrN2O2S/c1-3-17-14(19)10-4-5-12(9(2)8-10)18-15(20)13-11(16)6-7-21-13/h4-8H,3H2,1-2H3,(H,17,19)(H,18,20). The molecular formula is C15H15BrN2O2S. The third-order valence-electron chi connectivity index (χ3n) is 2.90. The first kappa shape index (κ1) is 15.7. The number of carbonyl (C=O) groups is 2. The van der Waals surface area contributed by atoms with Gasteiger partial charge in [0.1, 0.15) is 4.88 Å². The van der Waals surface area contributed by atoms with Gasteiger partial charge in [-0.05, 0) is 65.0 Å². The van der Waals surface area contributed by atoms with Gasteiger partial charge in [-0.15, -0.1) is 11.3 Å². The SMILES string of the molecule is CCNC(=O)c1ccc(NC(=O)c2sccc2Br)c(C)c1. The van der Waals surface area contributed by atoms with Crippen molar-refractivity contribution in [1.29, 1.82) is 0 Å². The van der Waals surface area contributed by atoms with E-state index in [4.69, 9.17) is 0 Å². The van der Waals surface area contributed by atoms with Crippen molar-refractivity contribution < 1.29 is 9.59 Å². The highest BCUT2D eigenvalue weighted by atomic mass is 79.9. The monoisotopic (exact) mass is 366 g/mol. The van der Waals surface area contributed by atoms with Crippen molar-refractivity contribution in [1.82, 2.24) is 5.32 Å². The number of rotatable bonds is 4. The Balaban J connectivity index is 2.16.